The van der Waals surface area contributed by atoms with Gasteiger partial charge in [0, 0.05) is 12.1 Å². The van der Waals surface area contributed by atoms with Gasteiger partial charge in [0.15, 0.2) is 11.5 Å². The van der Waals surface area contributed by atoms with Gasteiger partial charge in [-0.3, -0.25) is 0 Å². The van der Waals surface area contributed by atoms with Crippen molar-refractivity contribution in [1.29, 1.82) is 0 Å². The first-order valence-electron chi connectivity index (χ1n) is 8.03. The lowest BCUT2D eigenvalue weighted by atomic mass is 9.89. The summed E-state index contributed by atoms with van der Waals surface area (Å²) >= 11 is 0. The monoisotopic (exact) mass is 271 g/mol. The van der Waals surface area contributed by atoms with Crippen LogP contribution in [-0.2, 0) is 0 Å². The average molecular weight is 271 g/mol. The molecule has 0 N–H and O–H groups in total. The Kier molecular flexibility index (Phi) is 4.04. The highest BCUT2D eigenvalue weighted by Crippen LogP contribution is 2.33. The topological polar surface area (TPSA) is 30.2 Å². The fraction of sp³-hybridized carbons (Fsp3) is 0.647. The van der Waals surface area contributed by atoms with Gasteiger partial charge in [-0.25, -0.2) is 9.50 Å². The van der Waals surface area contributed by atoms with Gasteiger partial charge in [0.2, 0.25) is 0 Å². The second-order valence-corrected chi connectivity index (χ2v) is 6.62. The molecule has 0 aliphatic heterocycles. The third-order valence-electron chi connectivity index (χ3n) is 4.71. The number of pyridine rings is 1. The van der Waals surface area contributed by atoms with Gasteiger partial charge in [-0.05, 0) is 36.8 Å². The molecule has 3 heteroatoms. The molecule has 0 spiro atoms. The normalized spacial score (nSPS) is 28.8. The van der Waals surface area contributed by atoms with Crippen LogP contribution in [0.2, 0.25) is 0 Å². The Hall–Kier alpha value is -1.38. The molecule has 2 heterocycles. The highest BCUT2D eigenvalue weighted by Gasteiger charge is 2.22. The van der Waals surface area contributed by atoms with Crippen molar-refractivity contribution in [2.75, 3.05) is 0 Å². The molecule has 3 atom stereocenters. The van der Waals surface area contributed by atoms with E-state index in [0.29, 0.717) is 5.92 Å². The summed E-state index contributed by atoms with van der Waals surface area (Å²) in [6.07, 6.45) is 9.91. The van der Waals surface area contributed by atoms with E-state index in [1.807, 2.05) is 28.9 Å². The Morgan fingerprint density at radius 2 is 1.90 bits per heavy atom. The number of hydrogen-bond donors (Lipinski definition) is 0. The first-order chi connectivity index (χ1) is 9.72. The molecule has 1 aliphatic carbocycles. The Labute approximate surface area is 121 Å². The summed E-state index contributed by atoms with van der Waals surface area (Å²) in [7, 11) is 0. The molecule has 3 nitrogen and oxygen atoms in total. The Morgan fingerprint density at radius 3 is 2.75 bits per heavy atom. The van der Waals surface area contributed by atoms with Crippen molar-refractivity contribution in [2.24, 2.45) is 11.8 Å². The van der Waals surface area contributed by atoms with Crippen molar-refractivity contribution in [2.45, 2.75) is 58.3 Å². The lowest BCUT2D eigenvalue weighted by Gasteiger charge is -2.17. The fourth-order valence-corrected chi connectivity index (χ4v) is 3.42. The van der Waals surface area contributed by atoms with E-state index in [1.165, 1.54) is 38.5 Å². The minimum atomic E-state index is 0.533. The van der Waals surface area contributed by atoms with Crippen LogP contribution in [-0.4, -0.2) is 14.6 Å². The quantitative estimate of drug-likeness (QED) is 0.767. The molecule has 0 bridgehead atoms. The van der Waals surface area contributed by atoms with Gasteiger partial charge in [0.25, 0.3) is 0 Å². The van der Waals surface area contributed by atoms with Crippen LogP contribution in [0, 0.1) is 11.8 Å². The van der Waals surface area contributed by atoms with Crippen LogP contribution in [0.1, 0.15) is 64.1 Å². The number of rotatable bonds is 1. The van der Waals surface area contributed by atoms with E-state index in [0.717, 1.165) is 23.3 Å². The van der Waals surface area contributed by atoms with Crippen molar-refractivity contribution >= 4 is 5.65 Å². The van der Waals surface area contributed by atoms with Crippen LogP contribution in [0.25, 0.3) is 5.65 Å². The summed E-state index contributed by atoms with van der Waals surface area (Å²) in [5.41, 5.74) is 0.975. The molecule has 0 amide bonds. The van der Waals surface area contributed by atoms with E-state index in [1.54, 1.807) is 0 Å². The molecular formula is C17H25N3. The van der Waals surface area contributed by atoms with Gasteiger partial charge >= 0.3 is 0 Å². The molecule has 20 heavy (non-hydrogen) atoms. The summed E-state index contributed by atoms with van der Waals surface area (Å²) in [5.74, 6) is 3.22. The SMILES string of the molecule is CC1CCCC(C)CC(c2nc3ccccn3n2)CC1. The first kappa shape index (κ1) is 13.6. The van der Waals surface area contributed by atoms with Gasteiger partial charge in [0.1, 0.15) is 0 Å². The van der Waals surface area contributed by atoms with Crippen LogP contribution in [0.5, 0.6) is 0 Å². The number of nitrogens with zero attached hydrogens (tertiary/aromatic N) is 3. The lowest BCUT2D eigenvalue weighted by Crippen LogP contribution is -2.07. The largest absolute Gasteiger partial charge is 0.221 e. The van der Waals surface area contributed by atoms with E-state index in [4.69, 9.17) is 10.1 Å². The van der Waals surface area contributed by atoms with Gasteiger partial charge in [-0.1, -0.05) is 45.6 Å². The van der Waals surface area contributed by atoms with Gasteiger partial charge < -0.3 is 0 Å². The van der Waals surface area contributed by atoms with Crippen molar-refractivity contribution in [1.82, 2.24) is 14.6 Å². The van der Waals surface area contributed by atoms with Gasteiger partial charge in [-0.2, -0.15) is 5.10 Å². The molecule has 1 fully saturated rings. The second-order valence-electron chi connectivity index (χ2n) is 6.62. The van der Waals surface area contributed by atoms with E-state index in [9.17, 15) is 0 Å². The molecule has 0 radical (unpaired) electrons. The fourth-order valence-electron chi connectivity index (χ4n) is 3.42. The highest BCUT2D eigenvalue weighted by atomic mass is 15.3. The number of hydrogen-bond acceptors (Lipinski definition) is 2. The van der Waals surface area contributed by atoms with E-state index < -0.39 is 0 Å². The summed E-state index contributed by atoms with van der Waals surface area (Å²) in [4.78, 5) is 4.75. The second kappa shape index (κ2) is 5.94. The van der Waals surface area contributed by atoms with Crippen molar-refractivity contribution < 1.29 is 0 Å². The molecule has 3 rings (SSSR count). The van der Waals surface area contributed by atoms with Crippen LogP contribution in [0.15, 0.2) is 24.4 Å². The molecule has 1 aliphatic rings. The lowest BCUT2D eigenvalue weighted by molar-refractivity contribution is 0.416. The Bertz CT molecular complexity index is 527. The smallest absolute Gasteiger partial charge is 0.155 e. The van der Waals surface area contributed by atoms with Gasteiger partial charge in [0.05, 0.1) is 0 Å². The van der Waals surface area contributed by atoms with E-state index >= 15 is 0 Å². The Morgan fingerprint density at radius 1 is 1.05 bits per heavy atom. The standard InChI is InChI=1S/C17H25N3/c1-13-6-5-7-14(2)12-15(10-9-13)17-18-16-8-3-4-11-20(16)19-17/h3-4,8,11,13-15H,5-7,9-10,12H2,1-2H3. The van der Waals surface area contributed by atoms with Crippen LogP contribution in [0.4, 0.5) is 0 Å². The zero-order valence-corrected chi connectivity index (χ0v) is 12.6. The number of fused-ring (bicyclic) bond motifs is 1. The number of aromatic nitrogens is 3. The van der Waals surface area contributed by atoms with E-state index in [-0.39, 0.29) is 0 Å². The van der Waals surface area contributed by atoms with Crippen LogP contribution >= 0.6 is 0 Å². The third kappa shape index (κ3) is 3.02. The highest BCUT2D eigenvalue weighted by molar-refractivity contribution is 5.36. The average Bonchev–Trinajstić information content (AvgIpc) is 2.88. The van der Waals surface area contributed by atoms with E-state index in [2.05, 4.69) is 13.8 Å². The van der Waals surface area contributed by atoms with Crippen LogP contribution in [0.3, 0.4) is 0 Å². The van der Waals surface area contributed by atoms with Gasteiger partial charge in [-0.15, -0.1) is 0 Å². The predicted molar refractivity (Wildman–Crippen MR) is 81.8 cm³/mol. The third-order valence-corrected chi connectivity index (χ3v) is 4.71. The van der Waals surface area contributed by atoms with Crippen molar-refractivity contribution in [3.05, 3.63) is 30.2 Å². The summed E-state index contributed by atoms with van der Waals surface area (Å²) < 4.78 is 1.91. The van der Waals surface area contributed by atoms with Crippen LogP contribution < -0.4 is 0 Å². The maximum atomic E-state index is 4.75. The minimum absolute atomic E-state index is 0.533. The van der Waals surface area contributed by atoms with Crippen molar-refractivity contribution in [3.63, 3.8) is 0 Å². The Balaban J connectivity index is 1.84. The first-order valence-corrected chi connectivity index (χ1v) is 8.03. The zero-order chi connectivity index (χ0) is 13.9. The zero-order valence-electron chi connectivity index (χ0n) is 12.6. The molecule has 1 saturated carbocycles. The predicted octanol–water partition coefficient (Wildman–Crippen LogP) is 4.44. The summed E-state index contributed by atoms with van der Waals surface area (Å²) in [6.45, 7) is 4.78. The summed E-state index contributed by atoms with van der Waals surface area (Å²) in [6, 6.07) is 6.08. The molecular weight excluding hydrogens is 246 g/mol. The van der Waals surface area contributed by atoms with Crippen molar-refractivity contribution in [3.8, 4) is 0 Å². The molecule has 0 aromatic carbocycles. The minimum Gasteiger partial charge on any atom is -0.221 e. The molecule has 2 aromatic heterocycles. The molecule has 3 unspecified atom stereocenters. The molecule has 2 aromatic rings. The molecule has 0 saturated heterocycles. The summed E-state index contributed by atoms with van der Waals surface area (Å²) in [5, 5.41) is 4.70. The maximum absolute atomic E-state index is 4.75. The molecule has 108 valence electrons. The maximum Gasteiger partial charge on any atom is 0.155 e.